The van der Waals surface area contributed by atoms with Crippen LogP contribution in [0.1, 0.15) is 23.7 Å². The highest BCUT2D eigenvalue weighted by Gasteiger charge is 2.11. The van der Waals surface area contributed by atoms with Crippen molar-refractivity contribution in [1.29, 1.82) is 10.7 Å². The molecule has 0 radical (unpaired) electrons. The minimum Gasteiger partial charge on any atom is -0.364 e. The molecule has 2 heterocycles. The summed E-state index contributed by atoms with van der Waals surface area (Å²) in [5.41, 5.74) is 1.42. The first-order valence-corrected chi connectivity index (χ1v) is 6.47. The summed E-state index contributed by atoms with van der Waals surface area (Å²) in [5.74, 6) is -0.0316. The van der Waals surface area contributed by atoms with Crippen molar-refractivity contribution >= 4 is 11.5 Å². The number of pyridine rings is 2. The monoisotopic (exact) mass is 283 g/mol. The van der Waals surface area contributed by atoms with Crippen molar-refractivity contribution in [3.8, 4) is 6.07 Å². The fourth-order valence-electron chi connectivity index (χ4n) is 1.81. The molecule has 5 nitrogen and oxygen atoms in total. The van der Waals surface area contributed by atoms with E-state index in [0.717, 1.165) is 12.0 Å². The zero-order valence-corrected chi connectivity index (χ0v) is 11.5. The maximum Gasteiger partial charge on any atom is 0.146 e. The van der Waals surface area contributed by atoms with E-state index in [1.807, 2.05) is 6.92 Å². The number of aryl methyl sites for hydroxylation is 1. The van der Waals surface area contributed by atoms with E-state index in [1.54, 1.807) is 18.3 Å². The second-order valence-electron chi connectivity index (χ2n) is 4.37. The molecule has 2 rings (SSSR count). The van der Waals surface area contributed by atoms with Gasteiger partial charge in [0.25, 0.3) is 0 Å². The molecule has 106 valence electrons. The van der Waals surface area contributed by atoms with E-state index in [0.29, 0.717) is 11.4 Å². The van der Waals surface area contributed by atoms with Gasteiger partial charge in [-0.2, -0.15) is 5.26 Å². The number of halogens is 1. The fraction of sp³-hybridized carbons (Fsp3) is 0.200. The van der Waals surface area contributed by atoms with Crippen LogP contribution in [-0.4, -0.2) is 15.7 Å². The predicted molar refractivity (Wildman–Crippen MR) is 77.6 cm³/mol. The van der Waals surface area contributed by atoms with E-state index in [4.69, 9.17) is 10.7 Å². The van der Waals surface area contributed by atoms with Gasteiger partial charge in [-0.05, 0) is 30.2 Å². The Morgan fingerprint density at radius 3 is 2.95 bits per heavy atom. The van der Waals surface area contributed by atoms with Crippen molar-refractivity contribution < 1.29 is 4.39 Å². The summed E-state index contributed by atoms with van der Waals surface area (Å²) in [6.45, 7) is 2.10. The average molecular weight is 283 g/mol. The van der Waals surface area contributed by atoms with Gasteiger partial charge in [-0.25, -0.2) is 9.37 Å². The molecule has 2 aromatic heterocycles. The van der Waals surface area contributed by atoms with Crippen molar-refractivity contribution in [3.05, 3.63) is 53.2 Å². The number of anilines is 1. The topological polar surface area (TPSA) is 85.5 Å². The Kier molecular flexibility index (Phi) is 4.57. The Balaban J connectivity index is 2.26. The van der Waals surface area contributed by atoms with E-state index in [-0.39, 0.29) is 18.0 Å². The minimum atomic E-state index is -0.410. The molecule has 0 amide bonds. The molecule has 0 unspecified atom stereocenters. The Hall–Kier alpha value is -2.81. The molecular weight excluding hydrogens is 269 g/mol. The van der Waals surface area contributed by atoms with E-state index in [9.17, 15) is 4.39 Å². The highest BCUT2D eigenvalue weighted by Crippen LogP contribution is 2.16. The van der Waals surface area contributed by atoms with Crippen molar-refractivity contribution in [2.75, 3.05) is 5.32 Å². The molecule has 21 heavy (non-hydrogen) atoms. The Bertz CT molecular complexity index is 705. The zero-order valence-electron chi connectivity index (χ0n) is 11.5. The lowest BCUT2D eigenvalue weighted by atomic mass is 10.1. The average Bonchev–Trinajstić information content (AvgIpc) is 2.53. The summed E-state index contributed by atoms with van der Waals surface area (Å²) in [6.07, 6.45) is 3.94. The van der Waals surface area contributed by atoms with Crippen LogP contribution in [0.25, 0.3) is 0 Å². The summed E-state index contributed by atoms with van der Waals surface area (Å²) in [7, 11) is 0. The Morgan fingerprint density at radius 1 is 1.48 bits per heavy atom. The molecule has 0 saturated carbocycles. The Morgan fingerprint density at radius 2 is 2.29 bits per heavy atom. The lowest BCUT2D eigenvalue weighted by Gasteiger charge is -2.10. The van der Waals surface area contributed by atoms with Crippen LogP contribution in [0.2, 0.25) is 0 Å². The van der Waals surface area contributed by atoms with Crippen molar-refractivity contribution in [2.45, 2.75) is 19.9 Å². The molecule has 0 aromatic carbocycles. The summed E-state index contributed by atoms with van der Waals surface area (Å²) in [6, 6.07) is 6.39. The van der Waals surface area contributed by atoms with Crippen LogP contribution in [0.15, 0.2) is 30.6 Å². The SMILES string of the molecule is CCc1cnc(NCc2ncccc2F)c(C(=N)C#N)c1. The standard InChI is InChI=1S/C15H14FN5/c1-2-10-6-11(13(18)7-17)15(20-8-10)21-9-14-12(16)4-3-5-19-14/h3-6,8,18H,2,9H2,1H3,(H,20,21). The molecule has 0 spiro atoms. The third-order valence-electron chi connectivity index (χ3n) is 2.99. The maximum atomic E-state index is 13.5. The van der Waals surface area contributed by atoms with Crippen molar-refractivity contribution in [3.63, 3.8) is 0 Å². The molecule has 0 aliphatic heterocycles. The summed E-state index contributed by atoms with van der Waals surface area (Å²) < 4.78 is 13.5. The minimum absolute atomic E-state index is 0.136. The highest BCUT2D eigenvalue weighted by molar-refractivity contribution is 6.12. The van der Waals surface area contributed by atoms with E-state index in [2.05, 4.69) is 15.3 Å². The predicted octanol–water partition coefficient (Wildman–Crippen LogP) is 2.68. The molecule has 0 aliphatic rings. The first kappa shape index (κ1) is 14.6. The molecule has 0 atom stereocenters. The van der Waals surface area contributed by atoms with Gasteiger partial charge in [0.15, 0.2) is 0 Å². The van der Waals surface area contributed by atoms with E-state index < -0.39 is 5.82 Å². The lowest BCUT2D eigenvalue weighted by Crippen LogP contribution is -2.10. The van der Waals surface area contributed by atoms with Crippen LogP contribution in [0, 0.1) is 22.6 Å². The number of hydrogen-bond acceptors (Lipinski definition) is 5. The molecular formula is C15H14FN5. The first-order valence-electron chi connectivity index (χ1n) is 6.47. The normalized spacial score (nSPS) is 9.95. The van der Waals surface area contributed by atoms with Crippen LogP contribution in [0.5, 0.6) is 0 Å². The van der Waals surface area contributed by atoms with Gasteiger partial charge in [-0.1, -0.05) is 6.92 Å². The summed E-state index contributed by atoms with van der Waals surface area (Å²) in [4.78, 5) is 8.15. The van der Waals surface area contributed by atoms with Crippen LogP contribution in [-0.2, 0) is 13.0 Å². The number of aromatic nitrogens is 2. The van der Waals surface area contributed by atoms with Gasteiger partial charge in [-0.15, -0.1) is 0 Å². The Labute approximate surface area is 122 Å². The second-order valence-corrected chi connectivity index (χ2v) is 4.37. The molecule has 0 fully saturated rings. The quantitative estimate of drug-likeness (QED) is 0.826. The first-order chi connectivity index (χ1) is 10.2. The van der Waals surface area contributed by atoms with E-state index >= 15 is 0 Å². The van der Waals surface area contributed by atoms with Crippen LogP contribution < -0.4 is 5.32 Å². The van der Waals surface area contributed by atoms with Gasteiger partial charge in [0.05, 0.1) is 17.8 Å². The lowest BCUT2D eigenvalue weighted by molar-refractivity contribution is 0.602. The third kappa shape index (κ3) is 3.39. The summed E-state index contributed by atoms with van der Waals surface area (Å²) >= 11 is 0. The van der Waals surface area contributed by atoms with Crippen LogP contribution in [0.4, 0.5) is 10.2 Å². The van der Waals surface area contributed by atoms with Gasteiger partial charge in [0.1, 0.15) is 23.4 Å². The van der Waals surface area contributed by atoms with Gasteiger partial charge >= 0.3 is 0 Å². The number of nitrogens with zero attached hydrogens (tertiary/aromatic N) is 3. The fourth-order valence-corrected chi connectivity index (χ4v) is 1.81. The zero-order chi connectivity index (χ0) is 15.2. The molecule has 6 heteroatoms. The third-order valence-corrected chi connectivity index (χ3v) is 2.99. The van der Waals surface area contributed by atoms with Crippen molar-refractivity contribution in [2.24, 2.45) is 0 Å². The number of nitriles is 1. The van der Waals surface area contributed by atoms with Gasteiger partial charge in [0.2, 0.25) is 0 Å². The van der Waals surface area contributed by atoms with Gasteiger partial charge in [0, 0.05) is 12.4 Å². The molecule has 0 aliphatic carbocycles. The van der Waals surface area contributed by atoms with Crippen LogP contribution >= 0.6 is 0 Å². The molecule has 2 N–H and O–H groups in total. The largest absolute Gasteiger partial charge is 0.364 e. The van der Waals surface area contributed by atoms with Crippen molar-refractivity contribution in [1.82, 2.24) is 9.97 Å². The second kappa shape index (κ2) is 6.57. The molecule has 0 saturated heterocycles. The number of hydrogen-bond donors (Lipinski definition) is 2. The van der Waals surface area contributed by atoms with Gasteiger partial charge in [-0.3, -0.25) is 10.4 Å². The maximum absolute atomic E-state index is 13.5. The summed E-state index contributed by atoms with van der Waals surface area (Å²) in [5, 5.41) is 19.5. The highest BCUT2D eigenvalue weighted by atomic mass is 19.1. The smallest absolute Gasteiger partial charge is 0.146 e. The number of nitrogens with one attached hydrogen (secondary N) is 2. The molecule has 0 bridgehead atoms. The van der Waals surface area contributed by atoms with Crippen LogP contribution in [0.3, 0.4) is 0 Å². The number of rotatable bonds is 5. The van der Waals surface area contributed by atoms with E-state index in [1.165, 1.54) is 18.3 Å². The van der Waals surface area contributed by atoms with Gasteiger partial charge < -0.3 is 5.32 Å². The molecule has 2 aromatic rings.